The molecule has 0 radical (unpaired) electrons. The van der Waals surface area contributed by atoms with Crippen molar-refractivity contribution in [2.75, 3.05) is 0 Å². The van der Waals surface area contributed by atoms with E-state index in [2.05, 4.69) is 4.99 Å². The molecule has 2 fully saturated rings. The zero-order valence-corrected chi connectivity index (χ0v) is 16.1. The number of amidine groups is 1. The van der Waals surface area contributed by atoms with Crippen molar-refractivity contribution < 1.29 is 19.4 Å². The van der Waals surface area contributed by atoms with Gasteiger partial charge in [0.15, 0.2) is 5.17 Å². The second-order valence-corrected chi connectivity index (χ2v) is 8.94. The topological polar surface area (TPSA) is 112 Å². The standard InChI is InChI=1S/C18H21N3O4S2/c19-17(24)12-7-13(22)15(23)14-16(12)27-18(20-8-10-3-1-5-25-10)21(14)9-11-4-2-6-26-11/h1-6,12-16,22-23H,7-9H2,(H2,19,24)/t12-,13+,14+,15-,16+/m0/s1. The van der Waals surface area contributed by atoms with Crippen LogP contribution in [-0.2, 0) is 17.9 Å². The lowest BCUT2D eigenvalue weighted by atomic mass is 9.80. The highest BCUT2D eigenvalue weighted by atomic mass is 32.2. The maximum atomic E-state index is 12.0. The lowest BCUT2D eigenvalue weighted by molar-refractivity contribution is -0.128. The Kier molecular flexibility index (Phi) is 5.27. The Bertz CT molecular complexity index is 809. The van der Waals surface area contributed by atoms with Gasteiger partial charge in [-0.1, -0.05) is 17.8 Å². The highest BCUT2D eigenvalue weighted by Crippen LogP contribution is 2.44. The SMILES string of the molecule is NC(=O)[C@H]1C[C@@H](O)[C@H](O)[C@@H]2[C@@H]1SC(=NCc1ccco1)N2Cc1cccs1. The number of nitrogens with zero attached hydrogens (tertiary/aromatic N) is 2. The van der Waals surface area contributed by atoms with Crippen LogP contribution in [0.1, 0.15) is 17.1 Å². The number of primary amides is 1. The highest BCUT2D eigenvalue weighted by Gasteiger charge is 2.54. The number of rotatable bonds is 5. The van der Waals surface area contributed by atoms with E-state index < -0.39 is 30.1 Å². The molecule has 7 nitrogen and oxygen atoms in total. The van der Waals surface area contributed by atoms with Crippen molar-refractivity contribution >= 4 is 34.2 Å². The van der Waals surface area contributed by atoms with Crippen LogP contribution >= 0.6 is 23.1 Å². The van der Waals surface area contributed by atoms with Gasteiger partial charge in [-0.05, 0) is 30.0 Å². The zero-order chi connectivity index (χ0) is 19.0. The van der Waals surface area contributed by atoms with Gasteiger partial charge in [-0.3, -0.25) is 9.79 Å². The first-order valence-electron chi connectivity index (χ1n) is 8.72. The van der Waals surface area contributed by atoms with E-state index in [9.17, 15) is 15.0 Å². The van der Waals surface area contributed by atoms with Gasteiger partial charge < -0.3 is 25.3 Å². The summed E-state index contributed by atoms with van der Waals surface area (Å²) in [5.41, 5.74) is 5.59. The molecule has 3 heterocycles. The van der Waals surface area contributed by atoms with Crippen LogP contribution in [-0.4, -0.2) is 49.7 Å². The van der Waals surface area contributed by atoms with Crippen LogP contribution in [0.5, 0.6) is 0 Å². The molecule has 4 N–H and O–H groups in total. The molecule has 27 heavy (non-hydrogen) atoms. The lowest BCUT2D eigenvalue weighted by Gasteiger charge is -2.41. The molecule has 0 unspecified atom stereocenters. The Morgan fingerprint density at radius 1 is 1.37 bits per heavy atom. The number of carbonyl (C=O) groups excluding carboxylic acids is 1. The number of thiophene rings is 1. The van der Waals surface area contributed by atoms with Crippen LogP contribution in [0.2, 0.25) is 0 Å². The number of fused-ring (bicyclic) bond motifs is 1. The molecule has 1 saturated carbocycles. The molecule has 1 aliphatic heterocycles. The minimum Gasteiger partial charge on any atom is -0.467 e. The average Bonchev–Trinajstić information content (AvgIpc) is 3.38. The maximum absolute atomic E-state index is 12.0. The van der Waals surface area contributed by atoms with Crippen LogP contribution in [0.4, 0.5) is 0 Å². The molecule has 1 amide bonds. The van der Waals surface area contributed by atoms with Gasteiger partial charge in [0.2, 0.25) is 5.91 Å². The van der Waals surface area contributed by atoms with Crippen molar-refractivity contribution in [3.8, 4) is 0 Å². The Balaban J connectivity index is 1.66. The number of nitrogens with two attached hydrogens (primary N) is 1. The number of aliphatic imine (C=N–C) groups is 1. The number of amides is 1. The number of hydrogen-bond acceptors (Lipinski definition) is 7. The third-order valence-corrected chi connectivity index (χ3v) is 7.36. The Morgan fingerprint density at radius 3 is 2.89 bits per heavy atom. The van der Waals surface area contributed by atoms with Crippen LogP contribution in [0.3, 0.4) is 0 Å². The smallest absolute Gasteiger partial charge is 0.221 e. The van der Waals surface area contributed by atoms with Crippen LogP contribution < -0.4 is 5.73 Å². The zero-order valence-electron chi connectivity index (χ0n) is 14.5. The van der Waals surface area contributed by atoms with Crippen molar-refractivity contribution in [3.05, 3.63) is 46.5 Å². The van der Waals surface area contributed by atoms with Gasteiger partial charge in [0, 0.05) is 10.1 Å². The molecule has 0 aromatic carbocycles. The fraction of sp³-hybridized carbons (Fsp3) is 0.444. The predicted molar refractivity (Wildman–Crippen MR) is 104 cm³/mol. The summed E-state index contributed by atoms with van der Waals surface area (Å²) in [7, 11) is 0. The number of aliphatic hydroxyl groups is 2. The molecule has 2 aliphatic rings. The first kappa shape index (κ1) is 18.5. The fourth-order valence-corrected chi connectivity index (χ4v) is 5.99. The number of carbonyl (C=O) groups is 1. The van der Waals surface area contributed by atoms with Gasteiger partial charge in [-0.15, -0.1) is 11.3 Å². The van der Waals surface area contributed by atoms with Crippen LogP contribution in [0.25, 0.3) is 0 Å². The average molecular weight is 408 g/mol. The van der Waals surface area contributed by atoms with Crippen LogP contribution in [0.15, 0.2) is 45.3 Å². The van der Waals surface area contributed by atoms with Gasteiger partial charge in [-0.2, -0.15) is 0 Å². The maximum Gasteiger partial charge on any atom is 0.221 e. The summed E-state index contributed by atoms with van der Waals surface area (Å²) in [4.78, 5) is 19.8. The first-order chi connectivity index (χ1) is 13.0. The largest absolute Gasteiger partial charge is 0.467 e. The molecular formula is C18H21N3O4S2. The molecule has 9 heteroatoms. The van der Waals surface area contributed by atoms with Crippen molar-refractivity contribution in [2.24, 2.45) is 16.6 Å². The van der Waals surface area contributed by atoms with Gasteiger partial charge in [-0.25, -0.2) is 0 Å². The van der Waals surface area contributed by atoms with E-state index in [-0.39, 0.29) is 11.7 Å². The molecule has 5 atom stereocenters. The highest BCUT2D eigenvalue weighted by molar-refractivity contribution is 8.14. The summed E-state index contributed by atoms with van der Waals surface area (Å²) < 4.78 is 5.35. The first-order valence-corrected chi connectivity index (χ1v) is 10.5. The van der Waals surface area contributed by atoms with E-state index in [1.165, 1.54) is 11.8 Å². The summed E-state index contributed by atoms with van der Waals surface area (Å²) in [5.74, 6) is -0.228. The van der Waals surface area contributed by atoms with E-state index in [0.29, 0.717) is 13.1 Å². The monoisotopic (exact) mass is 407 g/mol. The molecular weight excluding hydrogens is 386 g/mol. The molecule has 4 rings (SSSR count). The minimum atomic E-state index is -0.986. The summed E-state index contributed by atoms with van der Waals surface area (Å²) in [6.45, 7) is 0.924. The van der Waals surface area contributed by atoms with Crippen LogP contribution in [0, 0.1) is 5.92 Å². The molecule has 0 bridgehead atoms. The van der Waals surface area contributed by atoms with Crippen molar-refractivity contribution in [2.45, 2.75) is 43.0 Å². The number of thioether (sulfide) groups is 1. The Morgan fingerprint density at radius 2 is 2.22 bits per heavy atom. The van der Waals surface area contributed by atoms with E-state index in [1.54, 1.807) is 17.6 Å². The molecule has 1 saturated heterocycles. The minimum absolute atomic E-state index is 0.170. The predicted octanol–water partition coefficient (Wildman–Crippen LogP) is 1.41. The third kappa shape index (κ3) is 3.64. The second-order valence-electron chi connectivity index (χ2n) is 6.76. The van der Waals surface area contributed by atoms with Gasteiger partial charge >= 0.3 is 0 Å². The summed E-state index contributed by atoms with van der Waals surface area (Å²) in [5, 5.41) is 23.5. The van der Waals surface area contributed by atoms with Gasteiger partial charge in [0.05, 0.1) is 37.4 Å². The number of aliphatic hydroxyl groups excluding tert-OH is 2. The van der Waals surface area contributed by atoms with Crippen molar-refractivity contribution in [1.29, 1.82) is 0 Å². The van der Waals surface area contributed by atoms with Crippen molar-refractivity contribution in [1.82, 2.24) is 4.90 Å². The summed E-state index contributed by atoms with van der Waals surface area (Å²) in [6.07, 6.45) is -0.179. The molecule has 0 spiro atoms. The lowest BCUT2D eigenvalue weighted by Crippen LogP contribution is -2.58. The molecule has 2 aromatic heterocycles. The Hall–Kier alpha value is -1.81. The number of furan rings is 1. The van der Waals surface area contributed by atoms with Crippen molar-refractivity contribution in [3.63, 3.8) is 0 Å². The fourth-order valence-electron chi connectivity index (χ4n) is 3.72. The second kappa shape index (κ2) is 7.67. The van der Waals surface area contributed by atoms with E-state index in [4.69, 9.17) is 10.2 Å². The van der Waals surface area contributed by atoms with E-state index in [0.717, 1.165) is 15.8 Å². The quantitative estimate of drug-likeness (QED) is 0.691. The summed E-state index contributed by atoms with van der Waals surface area (Å²) in [6, 6.07) is 7.23. The van der Waals surface area contributed by atoms with Gasteiger partial charge in [0.25, 0.3) is 0 Å². The number of hydrogen-bond donors (Lipinski definition) is 3. The third-order valence-electron chi connectivity index (χ3n) is 5.04. The molecule has 144 valence electrons. The molecule has 1 aliphatic carbocycles. The summed E-state index contributed by atoms with van der Waals surface area (Å²) >= 11 is 3.07. The molecule has 2 aromatic rings. The van der Waals surface area contributed by atoms with Gasteiger partial charge in [0.1, 0.15) is 11.9 Å². The Labute approximate surface area is 164 Å². The van der Waals surface area contributed by atoms with E-state index in [1.807, 2.05) is 34.5 Å². The normalized spacial score (nSPS) is 32.0. The van der Waals surface area contributed by atoms with E-state index >= 15 is 0 Å².